The maximum absolute atomic E-state index is 12.3. The van der Waals surface area contributed by atoms with Crippen LogP contribution in [0.3, 0.4) is 0 Å². The Labute approximate surface area is 198 Å². The highest BCUT2D eigenvalue weighted by Crippen LogP contribution is 2.30. The number of aromatic nitrogens is 3. The number of thiophene rings is 1. The van der Waals surface area contributed by atoms with Crippen LogP contribution in [0.15, 0.2) is 88.2 Å². The minimum Gasteiger partial charge on any atom is -0.296 e. The van der Waals surface area contributed by atoms with Crippen molar-refractivity contribution in [1.82, 2.24) is 20.1 Å². The Hall–Kier alpha value is -2.88. The van der Waals surface area contributed by atoms with Crippen LogP contribution in [-0.4, -0.2) is 38.1 Å². The first-order valence-electron chi connectivity index (χ1n) is 9.89. The summed E-state index contributed by atoms with van der Waals surface area (Å²) in [6.07, 6.45) is 0.276. The van der Waals surface area contributed by atoms with Gasteiger partial charge in [0.15, 0.2) is 11.0 Å². The van der Waals surface area contributed by atoms with E-state index in [2.05, 4.69) is 15.5 Å². The molecule has 0 unspecified atom stereocenters. The molecule has 0 saturated carbocycles. The summed E-state index contributed by atoms with van der Waals surface area (Å²) in [5.74, 6) is 0.798. The van der Waals surface area contributed by atoms with Crippen molar-refractivity contribution in [2.45, 2.75) is 16.5 Å². The van der Waals surface area contributed by atoms with E-state index in [0.29, 0.717) is 10.9 Å². The second-order valence-corrected chi connectivity index (χ2v) is 9.68. The first kappa shape index (κ1) is 22.3. The maximum atomic E-state index is 12.3. The molecule has 0 atom stereocenters. The van der Waals surface area contributed by atoms with Gasteiger partial charge in [-0.25, -0.2) is 0 Å². The molecule has 0 aliphatic carbocycles. The Morgan fingerprint density at radius 1 is 0.875 bits per heavy atom. The molecule has 2 amide bonds. The summed E-state index contributed by atoms with van der Waals surface area (Å²) < 4.78 is 1.93. The van der Waals surface area contributed by atoms with E-state index in [1.165, 1.54) is 11.8 Å². The van der Waals surface area contributed by atoms with Crippen molar-refractivity contribution < 1.29 is 9.59 Å². The Morgan fingerprint density at radius 2 is 1.62 bits per heavy atom. The minimum absolute atomic E-state index is 0.0764. The van der Waals surface area contributed by atoms with E-state index < -0.39 is 0 Å². The molecule has 2 heterocycles. The lowest BCUT2D eigenvalue weighted by atomic mass is 10.3. The van der Waals surface area contributed by atoms with E-state index in [-0.39, 0.29) is 24.0 Å². The normalized spacial score (nSPS) is 10.8. The van der Waals surface area contributed by atoms with E-state index >= 15 is 0 Å². The molecule has 0 radical (unpaired) electrons. The van der Waals surface area contributed by atoms with Gasteiger partial charge in [0.25, 0.3) is 0 Å². The predicted octanol–water partition coefficient (Wildman–Crippen LogP) is 4.91. The van der Waals surface area contributed by atoms with Crippen LogP contribution >= 0.6 is 34.9 Å². The van der Waals surface area contributed by atoms with Crippen LogP contribution in [0.2, 0.25) is 0 Å². The Morgan fingerprint density at radius 3 is 2.34 bits per heavy atom. The number of nitrogens with zero attached hydrogens (tertiary/aromatic N) is 3. The molecule has 0 aliphatic heterocycles. The Balaban J connectivity index is 1.35. The van der Waals surface area contributed by atoms with Crippen molar-refractivity contribution in [3.63, 3.8) is 0 Å². The zero-order valence-electron chi connectivity index (χ0n) is 17.0. The van der Waals surface area contributed by atoms with Gasteiger partial charge in [0.05, 0.1) is 10.6 Å². The van der Waals surface area contributed by atoms with Crippen molar-refractivity contribution >= 4 is 46.7 Å². The topological polar surface area (TPSA) is 76.9 Å². The van der Waals surface area contributed by atoms with Crippen LogP contribution in [0, 0.1) is 0 Å². The van der Waals surface area contributed by atoms with Gasteiger partial charge in [0.2, 0.25) is 11.8 Å². The van der Waals surface area contributed by atoms with Crippen molar-refractivity contribution in [1.29, 1.82) is 0 Å². The first-order valence-corrected chi connectivity index (χ1v) is 12.7. The van der Waals surface area contributed by atoms with E-state index in [1.807, 2.05) is 82.7 Å². The number of carbonyl (C=O) groups excluding carboxylic acids is 2. The van der Waals surface area contributed by atoms with Gasteiger partial charge in [-0.15, -0.1) is 33.3 Å². The molecular formula is C23H20N4O2S3. The maximum Gasteiger partial charge on any atom is 0.237 e. The molecule has 32 heavy (non-hydrogen) atoms. The highest BCUT2D eigenvalue weighted by molar-refractivity contribution is 7.99. The van der Waals surface area contributed by atoms with Crippen LogP contribution in [0.25, 0.3) is 16.4 Å². The second kappa shape index (κ2) is 11.1. The van der Waals surface area contributed by atoms with E-state index in [0.717, 1.165) is 21.3 Å². The fourth-order valence-electron chi connectivity index (χ4n) is 2.90. The molecule has 0 saturated heterocycles. The zero-order valence-corrected chi connectivity index (χ0v) is 19.5. The van der Waals surface area contributed by atoms with Gasteiger partial charge >= 0.3 is 0 Å². The minimum atomic E-state index is -0.343. The SMILES string of the molecule is O=C(CCSc1ccccc1)NC(=O)CSc1nnc(-c2cccs2)n1-c1ccccc1. The summed E-state index contributed by atoms with van der Waals surface area (Å²) in [6.45, 7) is 0. The van der Waals surface area contributed by atoms with Gasteiger partial charge in [-0.05, 0) is 35.7 Å². The third-order valence-corrected chi connectivity index (χ3v) is 7.15. The molecule has 0 aliphatic rings. The largest absolute Gasteiger partial charge is 0.296 e. The average molecular weight is 481 g/mol. The summed E-state index contributed by atoms with van der Waals surface area (Å²) in [5, 5.41) is 13.7. The first-order chi connectivity index (χ1) is 15.7. The lowest BCUT2D eigenvalue weighted by molar-refractivity contribution is -0.128. The third-order valence-electron chi connectivity index (χ3n) is 4.34. The molecule has 162 valence electrons. The van der Waals surface area contributed by atoms with Crippen molar-refractivity contribution in [3.8, 4) is 16.4 Å². The number of benzene rings is 2. The number of amides is 2. The molecule has 1 N–H and O–H groups in total. The quantitative estimate of drug-likeness (QED) is 0.343. The Bertz CT molecular complexity index is 1160. The van der Waals surface area contributed by atoms with Crippen LogP contribution < -0.4 is 5.32 Å². The number of nitrogens with one attached hydrogen (secondary N) is 1. The van der Waals surface area contributed by atoms with Crippen LogP contribution in [0.1, 0.15) is 6.42 Å². The highest BCUT2D eigenvalue weighted by Gasteiger charge is 2.18. The highest BCUT2D eigenvalue weighted by atomic mass is 32.2. The molecule has 4 aromatic rings. The second-order valence-electron chi connectivity index (χ2n) is 6.63. The molecule has 0 bridgehead atoms. The van der Waals surface area contributed by atoms with E-state index in [4.69, 9.17) is 0 Å². The number of para-hydroxylation sites is 1. The smallest absolute Gasteiger partial charge is 0.237 e. The number of hydrogen-bond donors (Lipinski definition) is 1. The van der Waals surface area contributed by atoms with Gasteiger partial charge in [-0.2, -0.15) is 0 Å². The molecule has 2 aromatic carbocycles. The fraction of sp³-hybridized carbons (Fsp3) is 0.130. The van der Waals surface area contributed by atoms with E-state index in [9.17, 15) is 9.59 Å². The molecular weight excluding hydrogens is 460 g/mol. The van der Waals surface area contributed by atoms with Gasteiger partial charge in [0.1, 0.15) is 0 Å². The summed E-state index contributed by atoms with van der Waals surface area (Å²) in [4.78, 5) is 26.5. The lowest BCUT2D eigenvalue weighted by Crippen LogP contribution is -2.32. The summed E-state index contributed by atoms with van der Waals surface area (Å²) in [5.41, 5.74) is 0.915. The van der Waals surface area contributed by atoms with Crippen LogP contribution in [-0.2, 0) is 9.59 Å². The predicted molar refractivity (Wildman–Crippen MR) is 130 cm³/mol. The number of thioether (sulfide) groups is 2. The number of carbonyl (C=O) groups is 2. The van der Waals surface area contributed by atoms with Crippen molar-refractivity contribution in [3.05, 3.63) is 78.2 Å². The number of imide groups is 1. The molecule has 0 spiro atoms. The van der Waals surface area contributed by atoms with E-state index in [1.54, 1.807) is 23.1 Å². The van der Waals surface area contributed by atoms with Crippen LogP contribution in [0.4, 0.5) is 0 Å². The number of hydrogen-bond acceptors (Lipinski definition) is 7. The molecule has 2 aromatic heterocycles. The molecule has 6 nitrogen and oxygen atoms in total. The fourth-order valence-corrected chi connectivity index (χ4v) is 5.22. The molecule has 4 rings (SSSR count). The summed E-state index contributed by atoms with van der Waals surface area (Å²) >= 11 is 4.42. The average Bonchev–Trinajstić information content (AvgIpc) is 3.49. The third kappa shape index (κ3) is 5.87. The zero-order chi connectivity index (χ0) is 22.2. The van der Waals surface area contributed by atoms with Gasteiger partial charge in [-0.3, -0.25) is 19.5 Å². The van der Waals surface area contributed by atoms with Gasteiger partial charge in [0, 0.05) is 22.8 Å². The van der Waals surface area contributed by atoms with Crippen LogP contribution in [0.5, 0.6) is 0 Å². The molecule has 9 heteroatoms. The lowest BCUT2D eigenvalue weighted by Gasteiger charge is -2.09. The van der Waals surface area contributed by atoms with Crippen molar-refractivity contribution in [2.75, 3.05) is 11.5 Å². The summed E-state index contributed by atoms with van der Waals surface area (Å²) in [6, 6.07) is 23.6. The number of rotatable bonds is 9. The molecule has 0 fully saturated rings. The Kier molecular flexibility index (Phi) is 7.76. The van der Waals surface area contributed by atoms with Gasteiger partial charge < -0.3 is 0 Å². The summed E-state index contributed by atoms with van der Waals surface area (Å²) in [7, 11) is 0. The van der Waals surface area contributed by atoms with Crippen molar-refractivity contribution in [2.24, 2.45) is 0 Å². The van der Waals surface area contributed by atoms with Gasteiger partial charge in [-0.1, -0.05) is 54.2 Å². The monoisotopic (exact) mass is 480 g/mol. The standard InChI is InChI=1S/C23H20N4O2S3/c28-20(13-15-30-18-10-5-2-6-11-18)24-21(29)16-32-23-26-25-22(19-12-7-14-31-19)27(23)17-8-3-1-4-9-17/h1-12,14H,13,15-16H2,(H,24,28,29).